The third-order valence-corrected chi connectivity index (χ3v) is 5.20. The third kappa shape index (κ3) is 4.34. The lowest BCUT2D eigenvalue weighted by Crippen LogP contribution is -2.06. The number of H-pyrrole nitrogens is 1. The molecule has 1 heterocycles. The van der Waals surface area contributed by atoms with Gasteiger partial charge in [-0.15, -0.1) is 0 Å². The summed E-state index contributed by atoms with van der Waals surface area (Å²) < 4.78 is 11.2. The van der Waals surface area contributed by atoms with Crippen LogP contribution in [0.4, 0.5) is 0 Å². The zero-order valence-electron chi connectivity index (χ0n) is 17.8. The van der Waals surface area contributed by atoms with E-state index in [1.54, 1.807) is 6.92 Å². The van der Waals surface area contributed by atoms with Crippen molar-refractivity contribution in [2.45, 2.75) is 47.6 Å². The fraction of sp³-hybridized carbons (Fsp3) is 0.333. The van der Waals surface area contributed by atoms with Crippen LogP contribution in [0.3, 0.4) is 0 Å². The topological polar surface area (TPSA) is 64.2 Å². The van der Waals surface area contributed by atoms with Gasteiger partial charge in [0.2, 0.25) is 0 Å². The van der Waals surface area contributed by atoms with E-state index in [1.807, 2.05) is 32.0 Å². The van der Waals surface area contributed by atoms with Gasteiger partial charge < -0.3 is 9.47 Å². The number of ether oxygens (including phenoxy) is 2. The molecule has 1 N–H and O–H groups in total. The SMILES string of the molecule is CCOC(=O)c1[nH]nc(-c2ccc(OCc3c(C)cccc3CC)c(C)c2)c1C. The minimum absolute atomic E-state index is 0.332. The van der Waals surface area contributed by atoms with E-state index in [9.17, 15) is 4.79 Å². The van der Waals surface area contributed by atoms with Crippen molar-refractivity contribution < 1.29 is 14.3 Å². The standard InChI is InChI=1S/C24H28N2O3/c1-6-18-10-8-9-15(3)20(18)14-29-21-12-11-19(13-16(21)4)22-17(5)23(26-25-22)24(27)28-7-2/h8-13H,6-7,14H2,1-5H3,(H,25,26). The van der Waals surface area contributed by atoms with Gasteiger partial charge in [-0.3, -0.25) is 5.10 Å². The van der Waals surface area contributed by atoms with E-state index < -0.39 is 0 Å². The van der Waals surface area contributed by atoms with E-state index in [1.165, 1.54) is 16.7 Å². The molecule has 1 aromatic heterocycles. The molecule has 0 saturated carbocycles. The predicted molar refractivity (Wildman–Crippen MR) is 114 cm³/mol. The van der Waals surface area contributed by atoms with Crippen molar-refractivity contribution in [2.75, 3.05) is 6.61 Å². The Balaban J connectivity index is 1.81. The van der Waals surface area contributed by atoms with Gasteiger partial charge in [0, 0.05) is 11.1 Å². The van der Waals surface area contributed by atoms with Crippen LogP contribution in [0.15, 0.2) is 36.4 Å². The first-order valence-corrected chi connectivity index (χ1v) is 9.99. The lowest BCUT2D eigenvalue weighted by molar-refractivity contribution is 0.0518. The minimum Gasteiger partial charge on any atom is -0.489 e. The fourth-order valence-corrected chi connectivity index (χ4v) is 3.49. The zero-order chi connectivity index (χ0) is 21.0. The van der Waals surface area contributed by atoms with Gasteiger partial charge in [0.1, 0.15) is 18.1 Å². The van der Waals surface area contributed by atoms with E-state index >= 15 is 0 Å². The van der Waals surface area contributed by atoms with Gasteiger partial charge in [-0.1, -0.05) is 25.1 Å². The highest BCUT2D eigenvalue weighted by Gasteiger charge is 2.18. The Hall–Kier alpha value is -3.08. The number of rotatable bonds is 7. The van der Waals surface area contributed by atoms with E-state index in [2.05, 4.69) is 42.2 Å². The number of carbonyl (C=O) groups excluding carboxylic acids is 1. The summed E-state index contributed by atoms with van der Waals surface area (Å²) >= 11 is 0. The number of nitrogens with one attached hydrogen (secondary N) is 1. The summed E-state index contributed by atoms with van der Waals surface area (Å²) in [6, 6.07) is 12.3. The van der Waals surface area contributed by atoms with E-state index in [0.29, 0.717) is 18.9 Å². The Morgan fingerprint density at radius 3 is 2.55 bits per heavy atom. The quantitative estimate of drug-likeness (QED) is 0.553. The second-order valence-corrected chi connectivity index (χ2v) is 7.13. The first kappa shape index (κ1) is 20.6. The van der Waals surface area contributed by atoms with E-state index in [0.717, 1.165) is 34.6 Å². The van der Waals surface area contributed by atoms with Crippen LogP contribution in [-0.4, -0.2) is 22.8 Å². The van der Waals surface area contributed by atoms with Crippen LogP contribution < -0.4 is 4.74 Å². The molecule has 0 bridgehead atoms. The van der Waals surface area contributed by atoms with Gasteiger partial charge in [0.15, 0.2) is 0 Å². The Kier molecular flexibility index (Phi) is 6.37. The van der Waals surface area contributed by atoms with E-state index in [4.69, 9.17) is 9.47 Å². The summed E-state index contributed by atoms with van der Waals surface area (Å²) in [4.78, 5) is 12.0. The molecular formula is C24H28N2O3. The number of benzene rings is 2. The molecule has 0 fully saturated rings. The molecule has 2 aromatic carbocycles. The van der Waals surface area contributed by atoms with Crippen LogP contribution in [0.2, 0.25) is 0 Å². The number of esters is 1. The van der Waals surface area contributed by atoms with Gasteiger partial charge in [-0.2, -0.15) is 5.10 Å². The number of nitrogens with zero attached hydrogens (tertiary/aromatic N) is 1. The average molecular weight is 392 g/mol. The maximum absolute atomic E-state index is 12.0. The first-order chi connectivity index (χ1) is 14.0. The largest absolute Gasteiger partial charge is 0.489 e. The second-order valence-electron chi connectivity index (χ2n) is 7.13. The van der Waals surface area contributed by atoms with Crippen molar-refractivity contribution in [3.63, 3.8) is 0 Å². The van der Waals surface area contributed by atoms with Gasteiger partial charge in [-0.05, 0) is 74.6 Å². The first-order valence-electron chi connectivity index (χ1n) is 9.99. The van der Waals surface area contributed by atoms with Crippen molar-refractivity contribution in [1.82, 2.24) is 10.2 Å². The number of aromatic nitrogens is 2. The molecule has 0 atom stereocenters. The van der Waals surface area contributed by atoms with Crippen LogP contribution in [0.1, 0.15) is 52.2 Å². The predicted octanol–water partition coefficient (Wildman–Crippen LogP) is 5.32. The highest BCUT2D eigenvalue weighted by Crippen LogP contribution is 2.29. The molecule has 5 heteroatoms. The molecule has 29 heavy (non-hydrogen) atoms. The summed E-state index contributed by atoms with van der Waals surface area (Å²) in [6.07, 6.45) is 0.986. The van der Waals surface area contributed by atoms with Crippen LogP contribution in [0, 0.1) is 20.8 Å². The molecule has 0 saturated heterocycles. The molecule has 0 aliphatic carbocycles. The molecule has 0 unspecified atom stereocenters. The zero-order valence-corrected chi connectivity index (χ0v) is 17.8. The molecule has 5 nitrogen and oxygen atoms in total. The average Bonchev–Trinajstić information content (AvgIpc) is 3.09. The Bertz CT molecular complexity index is 1020. The van der Waals surface area contributed by atoms with Crippen LogP contribution in [0.5, 0.6) is 5.75 Å². The van der Waals surface area contributed by atoms with Gasteiger partial charge >= 0.3 is 5.97 Å². The molecule has 3 rings (SSSR count). The van der Waals surface area contributed by atoms with Gasteiger partial charge in [0.25, 0.3) is 0 Å². The summed E-state index contributed by atoms with van der Waals surface area (Å²) in [5, 5.41) is 7.12. The Morgan fingerprint density at radius 2 is 1.86 bits per heavy atom. The van der Waals surface area contributed by atoms with Gasteiger partial charge in [0.05, 0.1) is 12.3 Å². The lowest BCUT2D eigenvalue weighted by atomic mass is 10.0. The summed E-state index contributed by atoms with van der Waals surface area (Å²) in [5.74, 6) is 0.461. The van der Waals surface area contributed by atoms with Crippen molar-refractivity contribution in [3.05, 3.63) is 69.9 Å². The molecule has 3 aromatic rings. The summed E-state index contributed by atoms with van der Waals surface area (Å²) in [6.45, 7) is 10.8. The number of aromatic amines is 1. The molecule has 0 radical (unpaired) electrons. The fourth-order valence-electron chi connectivity index (χ4n) is 3.49. The number of carbonyl (C=O) groups is 1. The van der Waals surface area contributed by atoms with Crippen molar-refractivity contribution >= 4 is 5.97 Å². The van der Waals surface area contributed by atoms with Crippen molar-refractivity contribution in [1.29, 1.82) is 0 Å². The Labute approximate surface area is 172 Å². The second kappa shape index (κ2) is 8.95. The van der Waals surface area contributed by atoms with Crippen molar-refractivity contribution in [3.8, 4) is 17.0 Å². The van der Waals surface area contributed by atoms with Crippen molar-refractivity contribution in [2.24, 2.45) is 0 Å². The minimum atomic E-state index is -0.384. The summed E-state index contributed by atoms with van der Waals surface area (Å²) in [7, 11) is 0. The normalized spacial score (nSPS) is 10.8. The maximum Gasteiger partial charge on any atom is 0.356 e. The van der Waals surface area contributed by atoms with E-state index in [-0.39, 0.29) is 5.97 Å². The molecule has 152 valence electrons. The van der Waals surface area contributed by atoms with Crippen LogP contribution in [0.25, 0.3) is 11.3 Å². The van der Waals surface area contributed by atoms with Crippen LogP contribution >= 0.6 is 0 Å². The smallest absolute Gasteiger partial charge is 0.356 e. The molecule has 0 aliphatic rings. The lowest BCUT2D eigenvalue weighted by Gasteiger charge is -2.15. The summed E-state index contributed by atoms with van der Waals surface area (Å²) in [5.41, 5.74) is 7.69. The van der Waals surface area contributed by atoms with Crippen LogP contribution in [-0.2, 0) is 17.8 Å². The number of hydrogen-bond donors (Lipinski definition) is 1. The monoisotopic (exact) mass is 392 g/mol. The molecule has 0 amide bonds. The molecular weight excluding hydrogens is 364 g/mol. The molecule has 0 aliphatic heterocycles. The number of aryl methyl sites for hydroxylation is 3. The highest BCUT2D eigenvalue weighted by molar-refractivity contribution is 5.91. The Morgan fingerprint density at radius 1 is 1.07 bits per heavy atom. The molecule has 0 spiro atoms. The van der Waals surface area contributed by atoms with Gasteiger partial charge in [-0.25, -0.2) is 4.79 Å². The highest BCUT2D eigenvalue weighted by atomic mass is 16.5. The number of hydrogen-bond acceptors (Lipinski definition) is 4. The third-order valence-electron chi connectivity index (χ3n) is 5.20. The maximum atomic E-state index is 12.0.